The minimum atomic E-state index is -4.51. The van der Waals surface area contributed by atoms with Crippen LogP contribution in [0.5, 0.6) is 0 Å². The monoisotopic (exact) mass is 522 g/mol. The molecule has 0 saturated carbocycles. The van der Waals surface area contributed by atoms with Gasteiger partial charge in [0.2, 0.25) is 0 Å². The average molecular weight is 523 g/mol. The van der Waals surface area contributed by atoms with Crippen LogP contribution in [0.25, 0.3) is 33.2 Å². The van der Waals surface area contributed by atoms with Gasteiger partial charge in [0, 0.05) is 23.0 Å². The molecule has 35 heavy (non-hydrogen) atoms. The van der Waals surface area contributed by atoms with E-state index in [0.29, 0.717) is 5.69 Å². The topological polar surface area (TPSA) is 35.1 Å². The molecule has 180 valence electrons. The van der Waals surface area contributed by atoms with Crippen molar-refractivity contribution in [3.63, 3.8) is 0 Å². The molecule has 0 atom stereocenters. The van der Waals surface area contributed by atoms with Gasteiger partial charge in [-0.3, -0.25) is 0 Å². The first-order valence-electron chi connectivity index (χ1n) is 10.3. The normalized spacial score (nSPS) is 12.6. The fourth-order valence-corrected chi connectivity index (χ4v) is 4.95. The lowest BCUT2D eigenvalue weighted by Crippen LogP contribution is -2.12. The third-order valence-corrected chi connectivity index (χ3v) is 6.73. The first kappa shape index (κ1) is 23.5. The summed E-state index contributed by atoms with van der Waals surface area (Å²) in [6, 6.07) is 12.6. The summed E-state index contributed by atoms with van der Waals surface area (Å²) >= 11 is 6.80. The zero-order chi connectivity index (χ0) is 25.1. The Kier molecular flexibility index (Phi) is 5.48. The summed E-state index contributed by atoms with van der Waals surface area (Å²) in [6.07, 6.45) is -4.51. The largest absolute Gasteiger partial charge is 0.416 e. The van der Waals surface area contributed by atoms with E-state index in [-0.39, 0.29) is 16.9 Å². The van der Waals surface area contributed by atoms with Gasteiger partial charge in [0.1, 0.15) is 11.4 Å². The number of aryl methyl sites for hydroxylation is 2. The van der Waals surface area contributed by atoms with E-state index in [4.69, 9.17) is 11.6 Å². The van der Waals surface area contributed by atoms with Gasteiger partial charge in [-0.05, 0) is 67.2 Å². The number of aromatic nitrogens is 4. The van der Waals surface area contributed by atoms with Crippen LogP contribution in [0, 0.1) is 13.8 Å². The van der Waals surface area contributed by atoms with Crippen molar-refractivity contribution in [3.8, 4) is 27.5 Å². The second-order valence-electron chi connectivity index (χ2n) is 7.99. The molecule has 0 radical (unpaired) electrons. The van der Waals surface area contributed by atoms with Crippen molar-refractivity contribution in [2.45, 2.75) is 25.4 Å². The second-order valence-corrected chi connectivity index (χ2v) is 9.38. The molecule has 0 aliphatic rings. The zero-order valence-electron chi connectivity index (χ0n) is 18.2. The summed E-state index contributed by atoms with van der Waals surface area (Å²) in [5.74, 6) is 0. The standard InChI is InChI=1S/C24H16ClF5N4S/c1-13-3-4-14(2)33(13)19-9-10-35-22(19)18-12-21-31-17(11-20(23(25,26)27)34(21)32-18)15-5-7-16(8-6-15)24(28,29)30/h3-12H,1-2H3. The fourth-order valence-electron chi connectivity index (χ4n) is 3.98. The average Bonchev–Trinajstić information content (AvgIpc) is 3.49. The Hall–Kier alpha value is -3.24. The molecular weight excluding hydrogens is 507 g/mol. The molecule has 5 rings (SSSR count). The van der Waals surface area contributed by atoms with Crippen molar-refractivity contribution in [1.29, 1.82) is 0 Å². The highest BCUT2D eigenvalue weighted by atomic mass is 35.5. The number of fused-ring (bicyclic) bond motifs is 1. The highest BCUT2D eigenvalue weighted by Gasteiger charge is 2.34. The van der Waals surface area contributed by atoms with Crippen LogP contribution < -0.4 is 0 Å². The molecule has 4 aromatic heterocycles. The Balaban J connectivity index is 1.67. The molecule has 11 heteroatoms. The molecular formula is C24H16ClF5N4S. The lowest BCUT2D eigenvalue weighted by Gasteiger charge is -2.13. The molecule has 4 heterocycles. The van der Waals surface area contributed by atoms with Crippen molar-refractivity contribution in [3.05, 3.63) is 82.6 Å². The summed E-state index contributed by atoms with van der Waals surface area (Å²) < 4.78 is 70.6. The van der Waals surface area contributed by atoms with Crippen LogP contribution in [0.4, 0.5) is 22.0 Å². The summed E-state index contributed by atoms with van der Waals surface area (Å²) in [7, 11) is 0. The lowest BCUT2D eigenvalue weighted by molar-refractivity contribution is -0.137. The predicted molar refractivity (Wildman–Crippen MR) is 125 cm³/mol. The molecule has 0 bridgehead atoms. The second kappa shape index (κ2) is 8.17. The van der Waals surface area contributed by atoms with Crippen molar-refractivity contribution < 1.29 is 22.0 Å². The van der Waals surface area contributed by atoms with Gasteiger partial charge in [0.15, 0.2) is 5.65 Å². The van der Waals surface area contributed by atoms with Gasteiger partial charge in [0.25, 0.3) is 0 Å². The molecule has 0 saturated heterocycles. The number of thiophene rings is 1. The van der Waals surface area contributed by atoms with Crippen LogP contribution >= 0.6 is 22.9 Å². The minimum Gasteiger partial charge on any atom is -0.317 e. The van der Waals surface area contributed by atoms with Gasteiger partial charge >= 0.3 is 11.6 Å². The summed E-state index contributed by atoms with van der Waals surface area (Å²) in [4.78, 5) is 5.14. The van der Waals surface area contributed by atoms with Gasteiger partial charge in [-0.2, -0.15) is 27.1 Å². The summed E-state index contributed by atoms with van der Waals surface area (Å²) in [6.45, 7) is 3.92. The van der Waals surface area contributed by atoms with Gasteiger partial charge in [-0.25, -0.2) is 9.50 Å². The maximum atomic E-state index is 14.4. The smallest absolute Gasteiger partial charge is 0.317 e. The fraction of sp³-hybridized carbons (Fsp3) is 0.167. The molecule has 5 aromatic rings. The maximum absolute atomic E-state index is 14.4. The number of alkyl halides is 6. The zero-order valence-corrected chi connectivity index (χ0v) is 19.8. The number of halogens is 6. The van der Waals surface area contributed by atoms with E-state index in [9.17, 15) is 22.0 Å². The first-order chi connectivity index (χ1) is 16.4. The molecule has 4 nitrogen and oxygen atoms in total. The molecule has 0 spiro atoms. The maximum Gasteiger partial charge on any atom is 0.416 e. The van der Waals surface area contributed by atoms with Crippen molar-refractivity contribution in [1.82, 2.24) is 19.2 Å². The summed E-state index contributed by atoms with van der Waals surface area (Å²) in [5, 5.41) is 2.46. The number of nitrogens with zero attached hydrogens (tertiary/aromatic N) is 4. The van der Waals surface area contributed by atoms with Gasteiger partial charge in [-0.1, -0.05) is 12.1 Å². The van der Waals surface area contributed by atoms with Crippen molar-refractivity contribution in [2.75, 3.05) is 0 Å². The van der Waals surface area contributed by atoms with Crippen LogP contribution in [0.15, 0.2) is 60.0 Å². The molecule has 0 unspecified atom stereocenters. The van der Waals surface area contributed by atoms with Crippen LogP contribution in [0.2, 0.25) is 0 Å². The van der Waals surface area contributed by atoms with Gasteiger partial charge < -0.3 is 4.57 Å². The highest BCUT2D eigenvalue weighted by molar-refractivity contribution is 7.14. The molecule has 1 aromatic carbocycles. The lowest BCUT2D eigenvalue weighted by atomic mass is 10.1. The van der Waals surface area contributed by atoms with E-state index in [1.807, 2.05) is 42.0 Å². The first-order valence-corrected chi connectivity index (χ1v) is 11.6. The molecule has 0 fully saturated rings. The highest BCUT2D eigenvalue weighted by Crippen LogP contribution is 2.38. The molecule has 0 amide bonds. The van der Waals surface area contributed by atoms with Gasteiger partial charge in [-0.15, -0.1) is 11.3 Å². The van der Waals surface area contributed by atoms with E-state index in [1.54, 1.807) is 6.07 Å². The van der Waals surface area contributed by atoms with Crippen LogP contribution in [-0.2, 0) is 11.6 Å². The van der Waals surface area contributed by atoms with E-state index in [2.05, 4.69) is 10.1 Å². The van der Waals surface area contributed by atoms with Crippen LogP contribution in [0.3, 0.4) is 0 Å². The van der Waals surface area contributed by atoms with Gasteiger partial charge in [0.05, 0.1) is 21.8 Å². The van der Waals surface area contributed by atoms with Crippen molar-refractivity contribution in [2.24, 2.45) is 0 Å². The molecule has 0 N–H and O–H groups in total. The number of rotatable bonds is 4. The van der Waals surface area contributed by atoms with Crippen LogP contribution in [-0.4, -0.2) is 19.2 Å². The quantitative estimate of drug-likeness (QED) is 0.178. The SMILES string of the molecule is Cc1ccc(C)n1-c1ccsc1-c1cc2nc(-c3ccc(C(F)(F)F)cc3)cc(C(F)(F)Cl)n2n1. The Morgan fingerprint density at radius 1 is 0.857 bits per heavy atom. The molecule has 0 aliphatic heterocycles. The van der Waals surface area contributed by atoms with E-state index in [1.165, 1.54) is 23.5 Å². The van der Waals surface area contributed by atoms with E-state index >= 15 is 0 Å². The van der Waals surface area contributed by atoms with Crippen molar-refractivity contribution >= 4 is 28.6 Å². The summed E-state index contributed by atoms with van der Waals surface area (Å²) in [5.41, 5.74) is 2.16. The minimum absolute atomic E-state index is 0.0523. The third-order valence-electron chi connectivity index (χ3n) is 5.61. The van der Waals surface area contributed by atoms with Crippen LogP contribution in [0.1, 0.15) is 22.6 Å². The number of benzene rings is 1. The van der Waals surface area contributed by atoms with E-state index < -0.39 is 22.8 Å². The number of hydrogen-bond acceptors (Lipinski definition) is 3. The number of hydrogen-bond donors (Lipinski definition) is 0. The third kappa shape index (κ3) is 4.21. The Bertz CT molecular complexity index is 1520. The Morgan fingerprint density at radius 3 is 2.11 bits per heavy atom. The Morgan fingerprint density at radius 2 is 1.51 bits per heavy atom. The Labute approximate surface area is 205 Å². The predicted octanol–water partition coefficient (Wildman–Crippen LogP) is 7.84. The van der Waals surface area contributed by atoms with E-state index in [0.717, 1.165) is 44.7 Å². The molecule has 0 aliphatic carbocycles.